The molecule has 0 saturated carbocycles. The molecule has 1 rings (SSSR count). The van der Waals surface area contributed by atoms with Gasteiger partial charge in [-0.3, -0.25) is 0 Å². The molecule has 0 heterocycles. The van der Waals surface area contributed by atoms with Crippen molar-refractivity contribution >= 4 is 9.84 Å². The van der Waals surface area contributed by atoms with Crippen LogP contribution >= 0.6 is 0 Å². The number of hydrogen-bond acceptors (Lipinski definition) is 3. The standard InChI is InChI=1S/C12H14FNO2S/c1-3-9(2)12(8-14)17(15,16)11-7-5-4-6-10(11)13/h4-7,9,12H,3H2,1-2H3. The number of sulfone groups is 1. The highest BCUT2D eigenvalue weighted by atomic mass is 32.2. The van der Waals surface area contributed by atoms with Gasteiger partial charge in [-0.2, -0.15) is 5.26 Å². The quantitative estimate of drug-likeness (QED) is 0.830. The number of nitrogens with zero attached hydrogens (tertiary/aromatic N) is 1. The Morgan fingerprint density at radius 1 is 1.41 bits per heavy atom. The molecule has 2 atom stereocenters. The minimum atomic E-state index is -3.93. The molecule has 3 nitrogen and oxygen atoms in total. The van der Waals surface area contributed by atoms with Crippen LogP contribution in [0.2, 0.25) is 0 Å². The summed E-state index contributed by atoms with van der Waals surface area (Å²) in [5, 5.41) is 7.76. The van der Waals surface area contributed by atoms with E-state index in [1.165, 1.54) is 18.2 Å². The second-order valence-electron chi connectivity index (χ2n) is 3.91. The van der Waals surface area contributed by atoms with Crippen LogP contribution in [0.15, 0.2) is 29.2 Å². The summed E-state index contributed by atoms with van der Waals surface area (Å²) in [5.41, 5.74) is 0. The minimum absolute atomic E-state index is 0.329. The highest BCUT2D eigenvalue weighted by Crippen LogP contribution is 2.24. The van der Waals surface area contributed by atoms with Crippen molar-refractivity contribution in [1.29, 1.82) is 5.26 Å². The first-order valence-electron chi connectivity index (χ1n) is 5.33. The first-order chi connectivity index (χ1) is 7.95. The largest absolute Gasteiger partial charge is 0.222 e. The van der Waals surface area contributed by atoms with E-state index in [2.05, 4.69) is 0 Å². The fourth-order valence-corrected chi connectivity index (χ4v) is 3.35. The van der Waals surface area contributed by atoms with E-state index in [0.29, 0.717) is 6.42 Å². The van der Waals surface area contributed by atoms with Gasteiger partial charge in [-0.05, 0) is 18.1 Å². The molecule has 0 aromatic heterocycles. The maximum Gasteiger partial charge on any atom is 0.197 e. The van der Waals surface area contributed by atoms with Crippen LogP contribution in [0, 0.1) is 23.1 Å². The van der Waals surface area contributed by atoms with E-state index < -0.39 is 25.8 Å². The molecule has 0 aliphatic heterocycles. The van der Waals surface area contributed by atoms with E-state index in [0.717, 1.165) is 6.07 Å². The lowest BCUT2D eigenvalue weighted by Crippen LogP contribution is -2.27. The molecule has 0 bridgehead atoms. The van der Waals surface area contributed by atoms with Crippen LogP contribution in [0.3, 0.4) is 0 Å². The van der Waals surface area contributed by atoms with Gasteiger partial charge in [0.1, 0.15) is 10.7 Å². The normalized spacial score (nSPS) is 14.9. The number of hydrogen-bond donors (Lipinski definition) is 0. The summed E-state index contributed by atoms with van der Waals surface area (Å²) >= 11 is 0. The molecular formula is C12H14FNO2S. The summed E-state index contributed by atoms with van der Waals surface area (Å²) in [6.45, 7) is 3.47. The third-order valence-corrected chi connectivity index (χ3v) is 4.95. The first-order valence-corrected chi connectivity index (χ1v) is 6.87. The van der Waals surface area contributed by atoms with E-state index in [1.807, 2.05) is 0 Å². The van der Waals surface area contributed by atoms with Crippen molar-refractivity contribution in [1.82, 2.24) is 0 Å². The van der Waals surface area contributed by atoms with E-state index in [-0.39, 0.29) is 5.92 Å². The van der Waals surface area contributed by atoms with Crippen molar-refractivity contribution in [2.45, 2.75) is 30.4 Å². The molecule has 0 amide bonds. The van der Waals surface area contributed by atoms with Crippen molar-refractivity contribution < 1.29 is 12.8 Å². The van der Waals surface area contributed by atoms with E-state index in [9.17, 15) is 12.8 Å². The number of benzene rings is 1. The summed E-state index contributed by atoms with van der Waals surface area (Å²) in [6, 6.07) is 6.90. The average Bonchev–Trinajstić information content (AvgIpc) is 2.29. The van der Waals surface area contributed by atoms with Gasteiger partial charge in [0, 0.05) is 0 Å². The van der Waals surface area contributed by atoms with Crippen molar-refractivity contribution in [3.63, 3.8) is 0 Å². The van der Waals surface area contributed by atoms with Crippen LogP contribution in [0.4, 0.5) is 4.39 Å². The zero-order valence-electron chi connectivity index (χ0n) is 9.72. The maximum absolute atomic E-state index is 13.5. The minimum Gasteiger partial charge on any atom is -0.222 e. The van der Waals surface area contributed by atoms with Gasteiger partial charge in [-0.15, -0.1) is 0 Å². The van der Waals surface area contributed by atoms with Crippen LogP contribution in [-0.2, 0) is 9.84 Å². The Labute approximate surface area is 101 Å². The molecule has 5 heteroatoms. The van der Waals surface area contributed by atoms with Crippen molar-refractivity contribution in [2.24, 2.45) is 5.92 Å². The Hall–Kier alpha value is -1.41. The highest BCUT2D eigenvalue weighted by Gasteiger charge is 2.33. The van der Waals surface area contributed by atoms with Gasteiger partial charge in [0.05, 0.1) is 6.07 Å². The molecule has 0 radical (unpaired) electrons. The molecule has 0 fully saturated rings. The second kappa shape index (κ2) is 5.28. The predicted octanol–water partition coefficient (Wildman–Crippen LogP) is 2.54. The molecule has 92 valence electrons. The zero-order chi connectivity index (χ0) is 13.1. The predicted molar refractivity (Wildman–Crippen MR) is 62.4 cm³/mol. The van der Waals surface area contributed by atoms with Gasteiger partial charge in [-0.1, -0.05) is 32.4 Å². The Bertz CT molecular complexity index is 534. The SMILES string of the molecule is CCC(C)C(C#N)S(=O)(=O)c1ccccc1F. The van der Waals surface area contributed by atoms with Crippen molar-refractivity contribution in [2.75, 3.05) is 0 Å². The van der Waals surface area contributed by atoms with Crippen LogP contribution in [0.5, 0.6) is 0 Å². The lowest BCUT2D eigenvalue weighted by Gasteiger charge is -2.16. The van der Waals surface area contributed by atoms with Crippen LogP contribution in [0.1, 0.15) is 20.3 Å². The van der Waals surface area contributed by atoms with E-state index in [4.69, 9.17) is 5.26 Å². The third-order valence-electron chi connectivity index (χ3n) is 2.77. The molecule has 1 aromatic carbocycles. The Balaban J connectivity index is 3.29. The molecule has 0 N–H and O–H groups in total. The molecular weight excluding hydrogens is 241 g/mol. The zero-order valence-corrected chi connectivity index (χ0v) is 10.5. The Morgan fingerprint density at radius 2 is 2.00 bits per heavy atom. The van der Waals surface area contributed by atoms with Crippen LogP contribution in [-0.4, -0.2) is 13.7 Å². The molecule has 0 saturated heterocycles. The Kier molecular flexibility index (Phi) is 4.24. The van der Waals surface area contributed by atoms with Crippen LogP contribution < -0.4 is 0 Å². The summed E-state index contributed by atoms with van der Waals surface area (Å²) in [5.74, 6) is -1.14. The molecule has 17 heavy (non-hydrogen) atoms. The average molecular weight is 255 g/mol. The van der Waals surface area contributed by atoms with Gasteiger partial charge in [0.25, 0.3) is 0 Å². The fourth-order valence-electron chi connectivity index (χ4n) is 1.53. The molecule has 1 aromatic rings. The molecule has 0 aliphatic rings. The highest BCUT2D eigenvalue weighted by molar-refractivity contribution is 7.92. The summed E-state index contributed by atoms with van der Waals surface area (Å²) in [6.07, 6.45) is 0.548. The van der Waals surface area contributed by atoms with Crippen molar-refractivity contribution in [3.05, 3.63) is 30.1 Å². The maximum atomic E-state index is 13.5. The topological polar surface area (TPSA) is 57.9 Å². The number of rotatable bonds is 4. The van der Waals surface area contributed by atoms with Crippen molar-refractivity contribution in [3.8, 4) is 6.07 Å². The van der Waals surface area contributed by atoms with E-state index >= 15 is 0 Å². The first kappa shape index (κ1) is 13.7. The lowest BCUT2D eigenvalue weighted by atomic mass is 10.1. The van der Waals surface area contributed by atoms with Gasteiger partial charge in [0.2, 0.25) is 0 Å². The fraction of sp³-hybridized carbons (Fsp3) is 0.417. The Morgan fingerprint density at radius 3 is 2.47 bits per heavy atom. The number of nitriles is 1. The van der Waals surface area contributed by atoms with Gasteiger partial charge >= 0.3 is 0 Å². The smallest absolute Gasteiger partial charge is 0.197 e. The lowest BCUT2D eigenvalue weighted by molar-refractivity contribution is 0.524. The summed E-state index contributed by atoms with van der Waals surface area (Å²) in [7, 11) is -3.93. The molecule has 0 aliphatic carbocycles. The summed E-state index contributed by atoms with van der Waals surface area (Å²) in [4.78, 5) is -0.396. The molecule has 0 spiro atoms. The van der Waals surface area contributed by atoms with Gasteiger partial charge < -0.3 is 0 Å². The van der Waals surface area contributed by atoms with Gasteiger partial charge in [-0.25, -0.2) is 12.8 Å². The summed E-state index contributed by atoms with van der Waals surface area (Å²) < 4.78 is 37.7. The van der Waals surface area contributed by atoms with Gasteiger partial charge in [0.15, 0.2) is 15.1 Å². The molecule has 2 unspecified atom stereocenters. The van der Waals surface area contributed by atoms with E-state index in [1.54, 1.807) is 19.9 Å². The monoisotopic (exact) mass is 255 g/mol. The number of halogens is 1. The van der Waals surface area contributed by atoms with Crippen LogP contribution in [0.25, 0.3) is 0 Å². The third kappa shape index (κ3) is 2.64. The second-order valence-corrected chi connectivity index (χ2v) is 5.95.